The Kier molecular flexibility index (Phi) is 2.70. The molecule has 0 atom stereocenters. The van der Waals surface area contributed by atoms with Crippen molar-refractivity contribution < 1.29 is 0 Å². The summed E-state index contributed by atoms with van der Waals surface area (Å²) in [6.07, 6.45) is 0. The molecular formula is C11H15ClS. The highest BCUT2D eigenvalue weighted by atomic mass is 35.5. The van der Waals surface area contributed by atoms with E-state index in [2.05, 4.69) is 34.6 Å². The second kappa shape index (κ2) is 3.21. The van der Waals surface area contributed by atoms with E-state index in [1.54, 1.807) is 0 Å². The molecule has 0 saturated carbocycles. The van der Waals surface area contributed by atoms with Crippen molar-refractivity contribution in [3.05, 3.63) is 22.3 Å². The average molecular weight is 215 g/mol. The van der Waals surface area contributed by atoms with Gasteiger partial charge >= 0.3 is 0 Å². The molecule has 13 heavy (non-hydrogen) atoms. The van der Waals surface area contributed by atoms with Crippen LogP contribution >= 0.6 is 23.8 Å². The van der Waals surface area contributed by atoms with Crippen molar-refractivity contribution >= 4 is 28.1 Å². The molecule has 0 aliphatic heterocycles. The number of allylic oxidation sites excluding steroid dienone is 4. The molecule has 0 heterocycles. The highest BCUT2D eigenvalue weighted by Crippen LogP contribution is 2.48. The molecule has 0 unspecified atom stereocenters. The summed E-state index contributed by atoms with van der Waals surface area (Å²) in [5, 5.41) is 0. The van der Waals surface area contributed by atoms with Crippen molar-refractivity contribution in [2.45, 2.75) is 34.6 Å². The lowest BCUT2D eigenvalue weighted by Crippen LogP contribution is -2.23. The summed E-state index contributed by atoms with van der Waals surface area (Å²) in [4.78, 5) is 0. The maximum atomic E-state index is 6.01. The first kappa shape index (κ1) is 10.9. The molecule has 72 valence electrons. The van der Waals surface area contributed by atoms with Crippen LogP contribution in [-0.2, 0) is 0 Å². The fourth-order valence-corrected chi connectivity index (χ4v) is 2.48. The van der Waals surface area contributed by atoms with Crippen LogP contribution in [0, 0.1) is 5.41 Å². The van der Waals surface area contributed by atoms with Gasteiger partial charge in [0.05, 0.1) is 9.74 Å². The Balaban J connectivity index is 3.39. The first-order valence-corrected chi connectivity index (χ1v) is 5.18. The molecule has 2 heteroatoms. The van der Waals surface area contributed by atoms with Crippen LogP contribution in [0.5, 0.6) is 0 Å². The number of hydrogen-bond donors (Lipinski definition) is 0. The van der Waals surface area contributed by atoms with Crippen LogP contribution in [0.4, 0.5) is 0 Å². The molecule has 1 aliphatic rings. The van der Waals surface area contributed by atoms with Gasteiger partial charge in [0.2, 0.25) is 0 Å². The average Bonchev–Trinajstić information content (AvgIpc) is 2.22. The van der Waals surface area contributed by atoms with E-state index in [0.717, 1.165) is 0 Å². The zero-order valence-corrected chi connectivity index (χ0v) is 10.4. The van der Waals surface area contributed by atoms with E-state index in [1.807, 2.05) is 0 Å². The molecule has 0 amide bonds. The predicted octanol–water partition coefficient (Wildman–Crippen LogP) is 4.25. The van der Waals surface area contributed by atoms with Crippen molar-refractivity contribution in [2.24, 2.45) is 5.41 Å². The van der Waals surface area contributed by atoms with E-state index in [-0.39, 0.29) is 5.41 Å². The Morgan fingerprint density at radius 3 is 1.54 bits per heavy atom. The van der Waals surface area contributed by atoms with Crippen molar-refractivity contribution in [3.63, 3.8) is 0 Å². The zero-order chi connectivity index (χ0) is 10.4. The Morgan fingerprint density at radius 1 is 1.08 bits per heavy atom. The standard InChI is InChI=1S/C11H15ClS/c1-6-7(2)9(4)11(5,8(6)3)10(12)13/h1-5H3. The summed E-state index contributed by atoms with van der Waals surface area (Å²) in [6, 6.07) is 0. The summed E-state index contributed by atoms with van der Waals surface area (Å²) >= 11 is 11.1. The minimum Gasteiger partial charge on any atom is -0.0751 e. The smallest absolute Gasteiger partial charge is 0.0751 e. The van der Waals surface area contributed by atoms with Crippen molar-refractivity contribution in [3.8, 4) is 0 Å². The van der Waals surface area contributed by atoms with Gasteiger partial charge in [-0.05, 0) is 45.8 Å². The van der Waals surface area contributed by atoms with Crippen LogP contribution in [0.2, 0.25) is 0 Å². The Morgan fingerprint density at radius 2 is 1.38 bits per heavy atom. The predicted molar refractivity (Wildman–Crippen MR) is 63.3 cm³/mol. The maximum absolute atomic E-state index is 6.01. The van der Waals surface area contributed by atoms with Gasteiger partial charge in [-0.25, -0.2) is 0 Å². The van der Waals surface area contributed by atoms with Crippen LogP contribution in [0.3, 0.4) is 0 Å². The van der Waals surface area contributed by atoms with Gasteiger partial charge in [-0.1, -0.05) is 35.0 Å². The van der Waals surface area contributed by atoms with Crippen molar-refractivity contribution in [2.75, 3.05) is 0 Å². The van der Waals surface area contributed by atoms with E-state index in [4.69, 9.17) is 23.8 Å². The van der Waals surface area contributed by atoms with Gasteiger partial charge in [0, 0.05) is 0 Å². The third-order valence-corrected chi connectivity index (χ3v) is 4.37. The van der Waals surface area contributed by atoms with E-state index < -0.39 is 0 Å². The lowest BCUT2D eigenvalue weighted by Gasteiger charge is -2.26. The van der Waals surface area contributed by atoms with Crippen LogP contribution in [-0.4, -0.2) is 4.32 Å². The summed E-state index contributed by atoms with van der Waals surface area (Å²) in [7, 11) is 0. The molecular weight excluding hydrogens is 200 g/mol. The molecule has 0 spiro atoms. The Hall–Kier alpha value is -0.140. The van der Waals surface area contributed by atoms with E-state index in [1.165, 1.54) is 22.3 Å². The third-order valence-electron chi connectivity index (χ3n) is 3.58. The fourth-order valence-electron chi connectivity index (χ4n) is 1.89. The van der Waals surface area contributed by atoms with Gasteiger partial charge in [-0.3, -0.25) is 0 Å². The number of halogens is 1. The largest absolute Gasteiger partial charge is 0.0948 e. The van der Waals surface area contributed by atoms with E-state index in [9.17, 15) is 0 Å². The van der Waals surface area contributed by atoms with Crippen molar-refractivity contribution in [1.29, 1.82) is 0 Å². The molecule has 0 saturated heterocycles. The van der Waals surface area contributed by atoms with Crippen LogP contribution < -0.4 is 0 Å². The summed E-state index contributed by atoms with van der Waals surface area (Å²) in [5.74, 6) is 0. The minimum absolute atomic E-state index is 0.189. The molecule has 0 bridgehead atoms. The third kappa shape index (κ3) is 1.29. The molecule has 0 N–H and O–H groups in total. The fraction of sp³-hybridized carbons (Fsp3) is 0.545. The van der Waals surface area contributed by atoms with Crippen molar-refractivity contribution in [1.82, 2.24) is 0 Å². The van der Waals surface area contributed by atoms with Gasteiger partial charge < -0.3 is 0 Å². The van der Waals surface area contributed by atoms with Crippen LogP contribution in [0.25, 0.3) is 0 Å². The summed E-state index contributed by atoms with van der Waals surface area (Å²) < 4.78 is 0.554. The topological polar surface area (TPSA) is 0 Å². The first-order valence-electron chi connectivity index (χ1n) is 4.39. The Labute approximate surface area is 90.7 Å². The summed E-state index contributed by atoms with van der Waals surface area (Å²) in [5.41, 5.74) is 5.07. The second-order valence-electron chi connectivity index (χ2n) is 3.90. The molecule has 0 aromatic rings. The molecule has 0 aromatic heterocycles. The van der Waals surface area contributed by atoms with E-state index in [0.29, 0.717) is 4.32 Å². The molecule has 0 radical (unpaired) electrons. The SMILES string of the molecule is CC1=C(C)C(C)(C(=S)Cl)C(C)=C1C. The number of rotatable bonds is 1. The van der Waals surface area contributed by atoms with Crippen LogP contribution in [0.15, 0.2) is 22.3 Å². The number of thiocarbonyl (C=S) groups is 1. The van der Waals surface area contributed by atoms with Gasteiger partial charge in [0.1, 0.15) is 0 Å². The maximum Gasteiger partial charge on any atom is 0.0948 e. The Bertz CT molecular complexity index is 310. The minimum atomic E-state index is -0.189. The monoisotopic (exact) mass is 214 g/mol. The molecule has 1 rings (SSSR count). The summed E-state index contributed by atoms with van der Waals surface area (Å²) in [6.45, 7) is 10.6. The van der Waals surface area contributed by atoms with Gasteiger partial charge in [0.25, 0.3) is 0 Å². The zero-order valence-electron chi connectivity index (χ0n) is 8.79. The second-order valence-corrected chi connectivity index (χ2v) is 4.91. The lowest BCUT2D eigenvalue weighted by atomic mass is 9.81. The number of hydrogen-bond acceptors (Lipinski definition) is 1. The highest BCUT2D eigenvalue weighted by Gasteiger charge is 2.38. The first-order chi connectivity index (χ1) is 5.83. The van der Waals surface area contributed by atoms with E-state index >= 15 is 0 Å². The quantitative estimate of drug-likeness (QED) is 0.465. The molecule has 0 fully saturated rings. The molecule has 0 aromatic carbocycles. The lowest BCUT2D eigenvalue weighted by molar-refractivity contribution is 0.691. The molecule has 0 nitrogen and oxygen atoms in total. The van der Waals surface area contributed by atoms with Gasteiger partial charge in [-0.15, -0.1) is 0 Å². The van der Waals surface area contributed by atoms with Gasteiger partial charge in [-0.2, -0.15) is 0 Å². The van der Waals surface area contributed by atoms with Gasteiger partial charge in [0.15, 0.2) is 0 Å². The molecule has 1 aliphatic carbocycles. The van der Waals surface area contributed by atoms with Crippen LogP contribution in [0.1, 0.15) is 34.6 Å². The highest BCUT2D eigenvalue weighted by molar-refractivity contribution is 7.83. The normalized spacial score (nSPS) is 21.4.